The summed E-state index contributed by atoms with van der Waals surface area (Å²) in [5.74, 6) is -0.703. The van der Waals surface area contributed by atoms with E-state index in [0.29, 0.717) is 6.42 Å². The molecule has 1 fully saturated rings. The van der Waals surface area contributed by atoms with Gasteiger partial charge in [-0.15, -0.1) is 0 Å². The lowest BCUT2D eigenvalue weighted by molar-refractivity contribution is -0.236. The summed E-state index contributed by atoms with van der Waals surface area (Å²) in [4.78, 5) is 45.5. The maximum absolute atomic E-state index is 11.8. The molecule has 1 aromatic rings. The fourth-order valence-corrected chi connectivity index (χ4v) is 2.81. The lowest BCUT2D eigenvalue weighted by atomic mass is 10.1. The van der Waals surface area contributed by atoms with E-state index in [1.165, 1.54) is 11.9 Å². The molecule has 26 heavy (non-hydrogen) atoms. The highest BCUT2D eigenvalue weighted by Crippen LogP contribution is 2.17. The third-order valence-corrected chi connectivity index (χ3v) is 4.37. The van der Waals surface area contributed by atoms with Crippen LogP contribution in [-0.2, 0) is 25.8 Å². The number of benzene rings is 1. The van der Waals surface area contributed by atoms with Crippen LogP contribution in [0.25, 0.3) is 0 Å². The molecule has 0 bridgehead atoms. The Balaban J connectivity index is 1.58. The maximum Gasteiger partial charge on any atom is 0.452 e. The summed E-state index contributed by atoms with van der Waals surface area (Å²) in [5, 5.41) is 2.95. The highest BCUT2D eigenvalue weighted by atomic mass is 17.2. The van der Waals surface area contributed by atoms with Gasteiger partial charge in [-0.2, -0.15) is 0 Å². The van der Waals surface area contributed by atoms with Gasteiger partial charge in [0.1, 0.15) is 0 Å². The van der Waals surface area contributed by atoms with Crippen LogP contribution < -0.4 is 5.32 Å². The minimum Gasteiger partial charge on any atom is -0.353 e. The van der Waals surface area contributed by atoms with E-state index in [1.54, 1.807) is 0 Å². The standard InChI is InChI=1S/C19H26N2O5/c1-21(14-13-17(22)20-16-9-5-6-10-16)19(24)26-25-18(23)12-11-15-7-3-2-4-8-15/h2-4,7-8,16H,5-6,9-14H2,1H3,(H,20,22). The molecule has 0 unspecified atom stereocenters. The van der Waals surface area contributed by atoms with Gasteiger partial charge in [-0.05, 0) is 24.8 Å². The van der Waals surface area contributed by atoms with Crippen molar-refractivity contribution in [3.8, 4) is 0 Å². The average molecular weight is 362 g/mol. The van der Waals surface area contributed by atoms with E-state index in [-0.39, 0.29) is 31.3 Å². The average Bonchev–Trinajstić information content (AvgIpc) is 3.16. The monoisotopic (exact) mass is 362 g/mol. The van der Waals surface area contributed by atoms with Crippen molar-refractivity contribution in [1.29, 1.82) is 0 Å². The fourth-order valence-electron chi connectivity index (χ4n) is 2.81. The Morgan fingerprint density at radius 1 is 1.08 bits per heavy atom. The molecule has 1 aliphatic rings. The number of amides is 2. The molecular weight excluding hydrogens is 336 g/mol. The highest BCUT2D eigenvalue weighted by Gasteiger charge is 2.19. The van der Waals surface area contributed by atoms with Gasteiger partial charge in [-0.3, -0.25) is 4.79 Å². The third-order valence-electron chi connectivity index (χ3n) is 4.37. The molecule has 0 saturated heterocycles. The van der Waals surface area contributed by atoms with Gasteiger partial charge in [-0.1, -0.05) is 43.2 Å². The molecule has 0 radical (unpaired) electrons. The van der Waals surface area contributed by atoms with Crippen molar-refractivity contribution in [1.82, 2.24) is 10.2 Å². The van der Waals surface area contributed by atoms with Gasteiger partial charge in [0.25, 0.3) is 0 Å². The lowest BCUT2D eigenvalue weighted by Gasteiger charge is -2.16. The van der Waals surface area contributed by atoms with Crippen LogP contribution >= 0.6 is 0 Å². The van der Waals surface area contributed by atoms with Crippen LogP contribution in [0, 0.1) is 0 Å². The first-order chi connectivity index (χ1) is 12.5. The Kier molecular flexibility index (Phi) is 7.92. The Morgan fingerprint density at radius 3 is 2.46 bits per heavy atom. The van der Waals surface area contributed by atoms with E-state index in [0.717, 1.165) is 31.2 Å². The van der Waals surface area contributed by atoms with Crippen molar-refractivity contribution in [2.75, 3.05) is 13.6 Å². The Bertz CT molecular complexity index is 599. The first-order valence-electron chi connectivity index (χ1n) is 9.00. The summed E-state index contributed by atoms with van der Waals surface area (Å²) < 4.78 is 0. The predicted molar refractivity (Wildman–Crippen MR) is 95.0 cm³/mol. The Labute approximate surface area is 153 Å². The van der Waals surface area contributed by atoms with Crippen molar-refractivity contribution < 1.29 is 24.2 Å². The van der Waals surface area contributed by atoms with Gasteiger partial charge in [0.05, 0.1) is 6.42 Å². The summed E-state index contributed by atoms with van der Waals surface area (Å²) in [5.41, 5.74) is 1.00. The molecule has 0 aliphatic heterocycles. The quantitative estimate of drug-likeness (QED) is 0.595. The van der Waals surface area contributed by atoms with E-state index >= 15 is 0 Å². The Hall–Kier alpha value is -2.57. The van der Waals surface area contributed by atoms with Crippen LogP contribution in [0.3, 0.4) is 0 Å². The van der Waals surface area contributed by atoms with Crippen LogP contribution in [-0.4, -0.2) is 42.5 Å². The van der Waals surface area contributed by atoms with Gasteiger partial charge >= 0.3 is 12.1 Å². The summed E-state index contributed by atoms with van der Waals surface area (Å²) in [6.07, 6.45) is 4.33. The second-order valence-electron chi connectivity index (χ2n) is 6.51. The SMILES string of the molecule is CN(CCC(=O)NC1CCCC1)C(=O)OOC(=O)CCc1ccccc1. The van der Waals surface area contributed by atoms with Crippen LogP contribution in [0.5, 0.6) is 0 Å². The number of aryl methyl sites for hydroxylation is 1. The zero-order valence-corrected chi connectivity index (χ0v) is 15.1. The normalized spacial score (nSPS) is 13.9. The van der Waals surface area contributed by atoms with E-state index in [4.69, 9.17) is 0 Å². The van der Waals surface area contributed by atoms with E-state index in [1.807, 2.05) is 30.3 Å². The molecule has 7 heteroatoms. The van der Waals surface area contributed by atoms with Gasteiger partial charge in [-0.25, -0.2) is 19.4 Å². The molecule has 142 valence electrons. The molecule has 1 aromatic carbocycles. The highest BCUT2D eigenvalue weighted by molar-refractivity contribution is 5.77. The number of nitrogens with zero attached hydrogens (tertiary/aromatic N) is 1. The van der Waals surface area contributed by atoms with Gasteiger partial charge < -0.3 is 10.2 Å². The molecule has 7 nitrogen and oxygen atoms in total. The van der Waals surface area contributed by atoms with E-state index in [2.05, 4.69) is 15.1 Å². The molecular formula is C19H26N2O5. The third kappa shape index (κ3) is 7.13. The van der Waals surface area contributed by atoms with Crippen LogP contribution in [0.2, 0.25) is 0 Å². The molecule has 2 rings (SSSR count). The first kappa shape index (κ1) is 19.8. The molecule has 1 N–H and O–H groups in total. The van der Waals surface area contributed by atoms with Gasteiger partial charge in [0.15, 0.2) is 0 Å². The van der Waals surface area contributed by atoms with Gasteiger partial charge in [0.2, 0.25) is 5.91 Å². The zero-order chi connectivity index (χ0) is 18.8. The van der Waals surface area contributed by atoms with Crippen molar-refractivity contribution in [3.63, 3.8) is 0 Å². The second-order valence-corrected chi connectivity index (χ2v) is 6.51. The lowest BCUT2D eigenvalue weighted by Crippen LogP contribution is -2.36. The van der Waals surface area contributed by atoms with Crippen molar-refractivity contribution in [2.45, 2.75) is 51.0 Å². The minimum absolute atomic E-state index is 0.0867. The first-order valence-corrected chi connectivity index (χ1v) is 9.00. The van der Waals surface area contributed by atoms with Crippen molar-refractivity contribution in [3.05, 3.63) is 35.9 Å². The topological polar surface area (TPSA) is 84.9 Å². The summed E-state index contributed by atoms with van der Waals surface area (Å²) in [6.45, 7) is 0.193. The maximum atomic E-state index is 11.8. The number of rotatable bonds is 7. The van der Waals surface area contributed by atoms with Crippen molar-refractivity contribution >= 4 is 18.0 Å². The van der Waals surface area contributed by atoms with Gasteiger partial charge in [0, 0.05) is 26.1 Å². The number of hydrogen-bond donors (Lipinski definition) is 1. The number of nitrogens with one attached hydrogen (secondary N) is 1. The molecule has 2 amide bonds. The summed E-state index contributed by atoms with van der Waals surface area (Å²) in [7, 11) is 1.49. The molecule has 1 saturated carbocycles. The number of hydrogen-bond acceptors (Lipinski definition) is 5. The summed E-state index contributed by atoms with van der Waals surface area (Å²) in [6, 6.07) is 9.74. The minimum atomic E-state index is -0.799. The smallest absolute Gasteiger partial charge is 0.353 e. The molecule has 0 atom stereocenters. The Morgan fingerprint density at radius 2 is 1.77 bits per heavy atom. The van der Waals surface area contributed by atoms with Crippen LogP contribution in [0.1, 0.15) is 44.1 Å². The molecule has 0 aromatic heterocycles. The molecule has 1 aliphatic carbocycles. The predicted octanol–water partition coefficient (Wildman–Crippen LogP) is 2.59. The van der Waals surface area contributed by atoms with Crippen LogP contribution in [0.4, 0.5) is 4.79 Å². The van der Waals surface area contributed by atoms with E-state index in [9.17, 15) is 14.4 Å². The van der Waals surface area contributed by atoms with Crippen LogP contribution in [0.15, 0.2) is 30.3 Å². The molecule has 0 spiro atoms. The zero-order valence-electron chi connectivity index (χ0n) is 15.1. The largest absolute Gasteiger partial charge is 0.452 e. The molecule has 0 heterocycles. The fraction of sp³-hybridized carbons (Fsp3) is 0.526. The summed E-state index contributed by atoms with van der Waals surface area (Å²) >= 11 is 0. The second kappa shape index (κ2) is 10.4. The van der Waals surface area contributed by atoms with E-state index < -0.39 is 12.1 Å². The number of carbonyl (C=O) groups is 3. The van der Waals surface area contributed by atoms with Crippen molar-refractivity contribution in [2.24, 2.45) is 0 Å². The number of carbonyl (C=O) groups excluding carboxylic acids is 3.